The highest BCUT2D eigenvalue weighted by atomic mass is 32.2. The second kappa shape index (κ2) is 7.18. The van der Waals surface area contributed by atoms with Gasteiger partial charge in [0.2, 0.25) is 0 Å². The van der Waals surface area contributed by atoms with E-state index in [1.54, 1.807) is 12.1 Å². The van der Waals surface area contributed by atoms with Crippen molar-refractivity contribution in [1.29, 1.82) is 0 Å². The molecule has 3 nitrogen and oxygen atoms in total. The second-order valence-electron chi connectivity index (χ2n) is 6.45. The molecule has 0 amide bonds. The van der Waals surface area contributed by atoms with Gasteiger partial charge in [-0.1, -0.05) is 44.2 Å². The highest BCUT2D eigenvalue weighted by molar-refractivity contribution is 7.92. The van der Waals surface area contributed by atoms with Crippen molar-refractivity contribution >= 4 is 15.7 Å². The molecule has 0 saturated heterocycles. The molecular formula is C19H25NO2S. The van der Waals surface area contributed by atoms with Crippen molar-refractivity contribution in [3.63, 3.8) is 0 Å². The second-order valence-corrected chi connectivity index (χ2v) is 8.13. The summed E-state index contributed by atoms with van der Waals surface area (Å²) in [6, 6.07) is 12.9. The Morgan fingerprint density at radius 3 is 2.04 bits per heavy atom. The SMILES string of the molecule is Cc1cccc(C)c1NS(=O)(=O)c1ccc(CCC(C)C)cc1. The zero-order valence-corrected chi connectivity index (χ0v) is 15.1. The van der Waals surface area contributed by atoms with E-state index in [2.05, 4.69) is 18.6 Å². The Morgan fingerprint density at radius 2 is 1.52 bits per heavy atom. The molecule has 0 unspecified atom stereocenters. The van der Waals surface area contributed by atoms with Crippen molar-refractivity contribution in [3.05, 3.63) is 59.2 Å². The summed E-state index contributed by atoms with van der Waals surface area (Å²) in [7, 11) is -3.56. The van der Waals surface area contributed by atoms with Crippen LogP contribution in [0.15, 0.2) is 47.4 Å². The summed E-state index contributed by atoms with van der Waals surface area (Å²) in [6.07, 6.45) is 2.08. The Bertz CT molecular complexity index is 742. The van der Waals surface area contributed by atoms with Crippen molar-refractivity contribution in [2.75, 3.05) is 4.72 Å². The minimum absolute atomic E-state index is 0.299. The molecule has 2 aromatic rings. The molecule has 0 aliphatic rings. The summed E-state index contributed by atoms with van der Waals surface area (Å²) in [5.74, 6) is 0.643. The molecule has 23 heavy (non-hydrogen) atoms. The van der Waals surface area contributed by atoms with Gasteiger partial charge < -0.3 is 0 Å². The average molecular weight is 331 g/mol. The Labute approximate surface area is 139 Å². The third-order valence-corrected chi connectivity index (χ3v) is 5.33. The van der Waals surface area contributed by atoms with E-state index in [-0.39, 0.29) is 0 Å². The van der Waals surface area contributed by atoms with Gasteiger partial charge in [-0.2, -0.15) is 0 Å². The largest absolute Gasteiger partial charge is 0.279 e. The number of rotatable bonds is 6. The summed E-state index contributed by atoms with van der Waals surface area (Å²) in [5.41, 5.74) is 3.67. The molecule has 0 atom stereocenters. The monoisotopic (exact) mass is 331 g/mol. The van der Waals surface area contributed by atoms with Gasteiger partial charge in [-0.3, -0.25) is 4.72 Å². The molecule has 2 rings (SSSR count). The lowest BCUT2D eigenvalue weighted by Crippen LogP contribution is -2.14. The third-order valence-electron chi connectivity index (χ3n) is 3.96. The van der Waals surface area contributed by atoms with Gasteiger partial charge in [-0.05, 0) is 61.4 Å². The standard InChI is InChI=1S/C19H25NO2S/c1-14(2)8-9-17-10-12-18(13-11-17)23(21,22)20-19-15(3)6-5-7-16(19)4/h5-7,10-14,20H,8-9H2,1-4H3. The van der Waals surface area contributed by atoms with Crippen LogP contribution in [0.2, 0.25) is 0 Å². The van der Waals surface area contributed by atoms with Crippen LogP contribution in [0.25, 0.3) is 0 Å². The Kier molecular flexibility index (Phi) is 5.47. The fourth-order valence-electron chi connectivity index (χ4n) is 2.46. The van der Waals surface area contributed by atoms with Gasteiger partial charge in [-0.25, -0.2) is 8.42 Å². The lowest BCUT2D eigenvalue weighted by molar-refractivity contribution is 0.586. The molecular weight excluding hydrogens is 306 g/mol. The highest BCUT2D eigenvalue weighted by Crippen LogP contribution is 2.23. The normalized spacial score (nSPS) is 11.7. The maximum absolute atomic E-state index is 12.6. The van der Waals surface area contributed by atoms with Crippen LogP contribution in [-0.4, -0.2) is 8.42 Å². The van der Waals surface area contributed by atoms with Gasteiger partial charge in [-0.15, -0.1) is 0 Å². The summed E-state index contributed by atoms with van der Waals surface area (Å²) in [5, 5.41) is 0. The first-order valence-corrected chi connectivity index (χ1v) is 9.46. The van der Waals surface area contributed by atoms with E-state index in [4.69, 9.17) is 0 Å². The molecule has 0 aromatic heterocycles. The Balaban J connectivity index is 2.20. The summed E-state index contributed by atoms with van der Waals surface area (Å²) < 4.78 is 27.9. The Hall–Kier alpha value is -1.81. The van der Waals surface area contributed by atoms with E-state index in [1.807, 2.05) is 44.2 Å². The number of sulfonamides is 1. The van der Waals surface area contributed by atoms with E-state index in [0.29, 0.717) is 16.5 Å². The van der Waals surface area contributed by atoms with E-state index < -0.39 is 10.0 Å². The Morgan fingerprint density at radius 1 is 0.957 bits per heavy atom. The molecule has 0 aliphatic heterocycles. The molecule has 1 N–H and O–H groups in total. The van der Waals surface area contributed by atoms with E-state index in [0.717, 1.165) is 24.0 Å². The van der Waals surface area contributed by atoms with Crippen LogP contribution in [0.5, 0.6) is 0 Å². The van der Waals surface area contributed by atoms with Crippen molar-refractivity contribution < 1.29 is 8.42 Å². The van der Waals surface area contributed by atoms with Crippen molar-refractivity contribution in [2.24, 2.45) is 5.92 Å². The van der Waals surface area contributed by atoms with Gasteiger partial charge in [0, 0.05) is 0 Å². The predicted octanol–water partition coefficient (Wildman–Crippen LogP) is 4.69. The summed E-state index contributed by atoms with van der Waals surface area (Å²) >= 11 is 0. The van der Waals surface area contributed by atoms with Gasteiger partial charge in [0.05, 0.1) is 10.6 Å². The first-order valence-electron chi connectivity index (χ1n) is 7.97. The smallest absolute Gasteiger partial charge is 0.261 e. The fraction of sp³-hybridized carbons (Fsp3) is 0.368. The van der Waals surface area contributed by atoms with E-state index in [9.17, 15) is 8.42 Å². The molecule has 0 fully saturated rings. The molecule has 0 radical (unpaired) electrons. The topological polar surface area (TPSA) is 46.2 Å². The van der Waals surface area contributed by atoms with E-state index >= 15 is 0 Å². The molecule has 0 heterocycles. The van der Waals surface area contributed by atoms with Crippen molar-refractivity contribution in [2.45, 2.75) is 45.4 Å². The average Bonchev–Trinajstić information content (AvgIpc) is 2.49. The van der Waals surface area contributed by atoms with Crippen LogP contribution in [0.4, 0.5) is 5.69 Å². The van der Waals surface area contributed by atoms with Gasteiger partial charge in [0.1, 0.15) is 0 Å². The van der Waals surface area contributed by atoms with E-state index in [1.165, 1.54) is 5.56 Å². The first kappa shape index (κ1) is 17.5. The van der Waals surface area contributed by atoms with Crippen LogP contribution in [0, 0.1) is 19.8 Å². The highest BCUT2D eigenvalue weighted by Gasteiger charge is 2.16. The van der Waals surface area contributed by atoms with Crippen molar-refractivity contribution in [3.8, 4) is 0 Å². The lowest BCUT2D eigenvalue weighted by atomic mass is 10.0. The first-order chi connectivity index (χ1) is 10.8. The molecule has 0 saturated carbocycles. The number of nitrogens with one attached hydrogen (secondary N) is 1. The van der Waals surface area contributed by atoms with Crippen LogP contribution in [0.1, 0.15) is 37.0 Å². The van der Waals surface area contributed by atoms with Crippen LogP contribution >= 0.6 is 0 Å². The number of hydrogen-bond donors (Lipinski definition) is 1. The number of aryl methyl sites for hydroxylation is 3. The molecule has 4 heteroatoms. The van der Waals surface area contributed by atoms with Crippen LogP contribution in [-0.2, 0) is 16.4 Å². The summed E-state index contributed by atoms with van der Waals surface area (Å²) in [4.78, 5) is 0.299. The number of para-hydroxylation sites is 1. The lowest BCUT2D eigenvalue weighted by Gasteiger charge is -2.13. The number of benzene rings is 2. The van der Waals surface area contributed by atoms with Gasteiger partial charge >= 0.3 is 0 Å². The zero-order valence-electron chi connectivity index (χ0n) is 14.3. The maximum Gasteiger partial charge on any atom is 0.261 e. The van der Waals surface area contributed by atoms with Gasteiger partial charge in [0.15, 0.2) is 0 Å². The molecule has 124 valence electrons. The van der Waals surface area contributed by atoms with Gasteiger partial charge in [0.25, 0.3) is 10.0 Å². The minimum Gasteiger partial charge on any atom is -0.279 e. The van der Waals surface area contributed by atoms with Crippen LogP contribution in [0.3, 0.4) is 0 Å². The molecule has 0 bridgehead atoms. The maximum atomic E-state index is 12.6. The number of hydrogen-bond acceptors (Lipinski definition) is 2. The number of anilines is 1. The predicted molar refractivity (Wildman–Crippen MR) is 96.3 cm³/mol. The quantitative estimate of drug-likeness (QED) is 0.834. The van der Waals surface area contributed by atoms with Crippen molar-refractivity contribution in [1.82, 2.24) is 0 Å². The molecule has 0 spiro atoms. The summed E-state index contributed by atoms with van der Waals surface area (Å²) in [6.45, 7) is 8.18. The molecule has 0 aliphatic carbocycles. The third kappa shape index (κ3) is 4.58. The molecule has 2 aromatic carbocycles. The minimum atomic E-state index is -3.56. The zero-order chi connectivity index (χ0) is 17.0. The van der Waals surface area contributed by atoms with Crippen LogP contribution < -0.4 is 4.72 Å². The fourth-order valence-corrected chi connectivity index (χ4v) is 3.66.